The molecule has 3 aromatic rings. The number of carbonyl (C=O) groups excluding carboxylic acids is 2. The normalized spacial score (nSPS) is 16.5. The van der Waals surface area contributed by atoms with Crippen LogP contribution in [-0.2, 0) is 10.3 Å². The first-order valence-electron chi connectivity index (χ1n) is 11.9. The SMILES string of the molecule is CC(=O)N1CCN(c2ccc(Nc3cc(NC4(c5ccccc5)CC4)c(C(N)=O)cn3)cc2)CC1. The molecule has 1 aromatic heterocycles. The minimum Gasteiger partial charge on any atom is -0.375 e. The lowest BCUT2D eigenvalue weighted by atomic mass is 10.0. The summed E-state index contributed by atoms with van der Waals surface area (Å²) in [6, 6.07) is 20.3. The monoisotopic (exact) mass is 470 g/mol. The summed E-state index contributed by atoms with van der Waals surface area (Å²) in [6.07, 6.45) is 3.50. The van der Waals surface area contributed by atoms with Gasteiger partial charge in [0.25, 0.3) is 5.91 Å². The van der Waals surface area contributed by atoms with Crippen LogP contribution in [0.25, 0.3) is 0 Å². The molecule has 1 aliphatic heterocycles. The van der Waals surface area contributed by atoms with E-state index in [1.165, 1.54) is 11.8 Å². The summed E-state index contributed by atoms with van der Waals surface area (Å²) in [5, 5.41) is 6.90. The lowest BCUT2D eigenvalue weighted by Gasteiger charge is -2.35. The number of nitrogens with one attached hydrogen (secondary N) is 2. The first-order valence-corrected chi connectivity index (χ1v) is 11.9. The highest BCUT2D eigenvalue weighted by Gasteiger charge is 2.44. The molecule has 4 N–H and O–H groups in total. The minimum absolute atomic E-state index is 0.129. The first-order chi connectivity index (χ1) is 16.9. The molecule has 8 nitrogen and oxygen atoms in total. The van der Waals surface area contributed by atoms with Crippen molar-refractivity contribution in [3.05, 3.63) is 78.0 Å². The van der Waals surface area contributed by atoms with Crippen molar-refractivity contribution < 1.29 is 9.59 Å². The molecule has 1 aliphatic carbocycles. The van der Waals surface area contributed by atoms with Gasteiger partial charge in [-0.1, -0.05) is 30.3 Å². The van der Waals surface area contributed by atoms with E-state index in [2.05, 4.69) is 44.8 Å². The summed E-state index contributed by atoms with van der Waals surface area (Å²) >= 11 is 0. The van der Waals surface area contributed by atoms with E-state index in [4.69, 9.17) is 5.73 Å². The van der Waals surface area contributed by atoms with Gasteiger partial charge in [0.05, 0.1) is 16.8 Å². The fourth-order valence-electron chi connectivity index (χ4n) is 4.63. The molecule has 2 amide bonds. The first kappa shape index (κ1) is 22.7. The minimum atomic E-state index is -0.510. The van der Waals surface area contributed by atoms with E-state index in [-0.39, 0.29) is 11.4 Å². The Balaban J connectivity index is 1.30. The summed E-state index contributed by atoms with van der Waals surface area (Å²) in [7, 11) is 0. The van der Waals surface area contributed by atoms with E-state index in [1.54, 1.807) is 6.92 Å². The predicted molar refractivity (Wildman–Crippen MR) is 138 cm³/mol. The van der Waals surface area contributed by atoms with E-state index >= 15 is 0 Å². The fourth-order valence-corrected chi connectivity index (χ4v) is 4.63. The molecular formula is C27H30N6O2. The Morgan fingerprint density at radius 1 is 0.971 bits per heavy atom. The Kier molecular flexibility index (Phi) is 6.03. The van der Waals surface area contributed by atoms with E-state index < -0.39 is 5.91 Å². The highest BCUT2D eigenvalue weighted by Crippen LogP contribution is 2.48. The third-order valence-electron chi connectivity index (χ3n) is 6.85. The Hall–Kier alpha value is -4.07. The van der Waals surface area contributed by atoms with Crippen molar-refractivity contribution >= 4 is 34.7 Å². The van der Waals surface area contributed by atoms with Gasteiger partial charge in [-0.15, -0.1) is 0 Å². The Morgan fingerprint density at radius 3 is 2.26 bits per heavy atom. The van der Waals surface area contributed by atoms with Crippen LogP contribution in [0.3, 0.4) is 0 Å². The van der Waals surface area contributed by atoms with E-state index in [0.29, 0.717) is 17.1 Å². The third-order valence-corrected chi connectivity index (χ3v) is 6.85. The highest BCUT2D eigenvalue weighted by atomic mass is 16.2. The Morgan fingerprint density at radius 2 is 1.66 bits per heavy atom. The molecule has 5 rings (SSSR count). The number of benzene rings is 2. The van der Waals surface area contributed by atoms with E-state index in [0.717, 1.165) is 50.4 Å². The van der Waals surface area contributed by atoms with Crippen LogP contribution in [0.2, 0.25) is 0 Å². The van der Waals surface area contributed by atoms with Crippen molar-refractivity contribution in [1.29, 1.82) is 0 Å². The number of aromatic nitrogens is 1. The van der Waals surface area contributed by atoms with Crippen LogP contribution in [0.5, 0.6) is 0 Å². The van der Waals surface area contributed by atoms with Gasteiger partial charge in [0.1, 0.15) is 5.82 Å². The number of hydrogen-bond acceptors (Lipinski definition) is 6. The summed E-state index contributed by atoms with van der Waals surface area (Å²) in [6.45, 7) is 4.74. The van der Waals surface area contributed by atoms with Crippen LogP contribution < -0.4 is 21.3 Å². The maximum Gasteiger partial charge on any atom is 0.252 e. The largest absolute Gasteiger partial charge is 0.375 e. The van der Waals surface area contributed by atoms with Crippen LogP contribution in [0.15, 0.2) is 66.9 Å². The second-order valence-corrected chi connectivity index (χ2v) is 9.22. The van der Waals surface area contributed by atoms with E-state index in [9.17, 15) is 9.59 Å². The number of carbonyl (C=O) groups is 2. The molecule has 35 heavy (non-hydrogen) atoms. The average molecular weight is 471 g/mol. The average Bonchev–Trinajstić information content (AvgIpc) is 3.66. The maximum atomic E-state index is 12.1. The summed E-state index contributed by atoms with van der Waals surface area (Å²) in [4.78, 5) is 32.2. The molecule has 180 valence electrons. The number of pyridine rings is 1. The molecule has 0 spiro atoms. The smallest absolute Gasteiger partial charge is 0.252 e. The Bertz CT molecular complexity index is 1220. The zero-order valence-electron chi connectivity index (χ0n) is 19.8. The molecule has 2 aliphatic rings. The fraction of sp³-hybridized carbons (Fsp3) is 0.296. The van der Waals surface area contributed by atoms with Crippen molar-refractivity contribution in [2.75, 3.05) is 41.7 Å². The number of anilines is 4. The summed E-state index contributed by atoms with van der Waals surface area (Å²) in [5.41, 5.74) is 9.72. The topological polar surface area (TPSA) is 104 Å². The molecule has 2 aromatic carbocycles. The number of nitrogens with two attached hydrogens (primary N) is 1. The predicted octanol–water partition coefficient (Wildman–Crippen LogP) is 3.69. The number of piperazine rings is 1. The molecular weight excluding hydrogens is 440 g/mol. The molecule has 0 bridgehead atoms. The quantitative estimate of drug-likeness (QED) is 0.487. The molecule has 0 atom stereocenters. The van der Waals surface area contributed by atoms with Crippen molar-refractivity contribution in [1.82, 2.24) is 9.88 Å². The Labute approximate surface area is 205 Å². The lowest BCUT2D eigenvalue weighted by Crippen LogP contribution is -2.48. The van der Waals surface area contributed by atoms with Crippen molar-refractivity contribution in [2.24, 2.45) is 5.73 Å². The standard InChI is InChI=1S/C27H30N6O2/c1-19(34)32-13-15-33(16-14-32)22-9-7-21(8-10-22)30-25-17-24(23(18-29-25)26(28)35)31-27(11-12-27)20-5-3-2-4-6-20/h2-10,17-18H,11-16H2,1H3,(H2,28,35)(H2,29,30,31). The van der Waals surface area contributed by atoms with Gasteiger partial charge in [0.15, 0.2) is 0 Å². The summed E-state index contributed by atoms with van der Waals surface area (Å²) < 4.78 is 0. The molecule has 2 fully saturated rings. The van der Waals surface area contributed by atoms with Crippen LogP contribution >= 0.6 is 0 Å². The van der Waals surface area contributed by atoms with Crippen molar-refractivity contribution in [2.45, 2.75) is 25.3 Å². The number of rotatable bonds is 7. The molecule has 1 saturated carbocycles. The van der Waals surface area contributed by atoms with Crippen molar-refractivity contribution in [3.8, 4) is 0 Å². The molecule has 2 heterocycles. The molecule has 0 radical (unpaired) electrons. The molecule has 1 saturated heterocycles. The van der Waals surface area contributed by atoms with Gasteiger partial charge in [-0.3, -0.25) is 9.59 Å². The molecule has 0 unspecified atom stereocenters. The van der Waals surface area contributed by atoms with Crippen LogP contribution in [0.4, 0.5) is 22.9 Å². The van der Waals surface area contributed by atoms with Gasteiger partial charge in [0, 0.05) is 56.7 Å². The second-order valence-electron chi connectivity index (χ2n) is 9.22. The summed E-state index contributed by atoms with van der Waals surface area (Å²) in [5.74, 6) is 0.248. The van der Waals surface area contributed by atoms with Crippen LogP contribution in [-0.4, -0.2) is 47.9 Å². The lowest BCUT2D eigenvalue weighted by molar-refractivity contribution is -0.129. The van der Waals surface area contributed by atoms with E-state index in [1.807, 2.05) is 41.3 Å². The zero-order valence-corrected chi connectivity index (χ0v) is 19.8. The third kappa shape index (κ3) is 4.91. The van der Waals surface area contributed by atoms with Crippen molar-refractivity contribution in [3.63, 3.8) is 0 Å². The number of primary amides is 1. The van der Waals surface area contributed by atoms with Gasteiger partial charge in [-0.2, -0.15) is 0 Å². The maximum absolute atomic E-state index is 12.1. The highest BCUT2D eigenvalue weighted by molar-refractivity contribution is 5.99. The number of amides is 2. The van der Waals surface area contributed by atoms with Gasteiger partial charge >= 0.3 is 0 Å². The second kappa shape index (κ2) is 9.29. The van der Waals surface area contributed by atoms with Crippen LogP contribution in [0, 0.1) is 0 Å². The van der Waals surface area contributed by atoms with Gasteiger partial charge in [-0.25, -0.2) is 4.98 Å². The van der Waals surface area contributed by atoms with Gasteiger partial charge in [0.2, 0.25) is 5.91 Å². The van der Waals surface area contributed by atoms with Crippen LogP contribution in [0.1, 0.15) is 35.7 Å². The number of hydrogen-bond donors (Lipinski definition) is 3. The number of nitrogens with zero attached hydrogens (tertiary/aromatic N) is 3. The zero-order chi connectivity index (χ0) is 24.4. The van der Waals surface area contributed by atoms with Gasteiger partial charge in [-0.05, 0) is 42.7 Å². The molecule has 8 heteroatoms. The van der Waals surface area contributed by atoms with Gasteiger partial charge < -0.3 is 26.2 Å².